The summed E-state index contributed by atoms with van der Waals surface area (Å²) in [6.07, 6.45) is 0.434. The summed E-state index contributed by atoms with van der Waals surface area (Å²) >= 11 is 0. The molecule has 160 valence electrons. The second kappa shape index (κ2) is 10.9. The first-order valence-electron chi connectivity index (χ1n) is 11.0. The van der Waals surface area contributed by atoms with Crippen molar-refractivity contribution in [2.24, 2.45) is 0 Å². The number of rotatable bonds is 8. The summed E-state index contributed by atoms with van der Waals surface area (Å²) in [6.45, 7) is 5.11. The van der Waals surface area contributed by atoms with Crippen molar-refractivity contribution in [3.8, 4) is 0 Å². The van der Waals surface area contributed by atoms with Gasteiger partial charge in [0.2, 0.25) is 5.91 Å². The van der Waals surface area contributed by atoms with E-state index in [0.717, 1.165) is 49.5 Å². The van der Waals surface area contributed by atoms with E-state index in [4.69, 9.17) is 4.74 Å². The molecule has 1 saturated heterocycles. The van der Waals surface area contributed by atoms with E-state index in [2.05, 4.69) is 58.7 Å². The molecule has 0 aromatic heterocycles. The first-order chi connectivity index (χ1) is 15.3. The van der Waals surface area contributed by atoms with Gasteiger partial charge in [0, 0.05) is 38.5 Å². The van der Waals surface area contributed by atoms with E-state index in [1.165, 1.54) is 5.56 Å². The number of nitrogens with one attached hydrogen (secondary N) is 1. The zero-order valence-corrected chi connectivity index (χ0v) is 17.9. The lowest BCUT2D eigenvalue weighted by molar-refractivity contribution is -0.121. The Kier molecular flexibility index (Phi) is 7.48. The van der Waals surface area contributed by atoms with Gasteiger partial charge < -0.3 is 10.1 Å². The third-order valence-electron chi connectivity index (χ3n) is 5.82. The van der Waals surface area contributed by atoms with E-state index < -0.39 is 0 Å². The molecule has 1 fully saturated rings. The maximum atomic E-state index is 12.8. The van der Waals surface area contributed by atoms with E-state index in [9.17, 15) is 4.79 Å². The van der Waals surface area contributed by atoms with Gasteiger partial charge in [-0.3, -0.25) is 9.69 Å². The third-order valence-corrected chi connectivity index (χ3v) is 5.82. The Morgan fingerprint density at radius 1 is 0.806 bits per heavy atom. The lowest BCUT2D eigenvalue weighted by Crippen LogP contribution is -2.35. The van der Waals surface area contributed by atoms with Gasteiger partial charge in [-0.15, -0.1) is 0 Å². The number of morpholine rings is 1. The SMILES string of the molecule is O=C(CC(c1ccccc1)c1ccccc1)NCc1ccc(CN2CCOCC2)cc1. The molecule has 0 saturated carbocycles. The normalized spacial score (nSPS) is 14.5. The molecule has 4 nitrogen and oxygen atoms in total. The highest BCUT2D eigenvalue weighted by atomic mass is 16.5. The van der Waals surface area contributed by atoms with E-state index >= 15 is 0 Å². The Morgan fingerprint density at radius 2 is 1.35 bits per heavy atom. The van der Waals surface area contributed by atoms with Gasteiger partial charge in [0.25, 0.3) is 0 Å². The minimum Gasteiger partial charge on any atom is -0.379 e. The molecular weight excluding hydrogens is 384 g/mol. The molecular formula is C27H30N2O2. The van der Waals surface area contributed by atoms with Gasteiger partial charge >= 0.3 is 0 Å². The molecule has 31 heavy (non-hydrogen) atoms. The van der Waals surface area contributed by atoms with Crippen molar-refractivity contribution >= 4 is 5.91 Å². The molecule has 4 heteroatoms. The molecule has 1 heterocycles. The van der Waals surface area contributed by atoms with Crippen LogP contribution < -0.4 is 5.32 Å². The van der Waals surface area contributed by atoms with Gasteiger partial charge in [0.05, 0.1) is 13.2 Å². The van der Waals surface area contributed by atoms with Gasteiger partial charge in [0.1, 0.15) is 0 Å². The van der Waals surface area contributed by atoms with Crippen LogP contribution in [0.25, 0.3) is 0 Å². The Hall–Kier alpha value is -2.95. The number of amides is 1. The third kappa shape index (κ3) is 6.27. The van der Waals surface area contributed by atoms with Crippen molar-refractivity contribution in [2.45, 2.75) is 25.4 Å². The number of benzene rings is 3. The number of carbonyl (C=O) groups is 1. The monoisotopic (exact) mass is 414 g/mol. The zero-order valence-electron chi connectivity index (χ0n) is 17.9. The number of ether oxygens (including phenoxy) is 1. The van der Waals surface area contributed by atoms with E-state index in [-0.39, 0.29) is 11.8 Å². The van der Waals surface area contributed by atoms with Crippen LogP contribution in [-0.4, -0.2) is 37.1 Å². The number of hydrogen-bond donors (Lipinski definition) is 1. The maximum Gasteiger partial charge on any atom is 0.221 e. The summed E-state index contributed by atoms with van der Waals surface area (Å²) in [5.41, 5.74) is 4.74. The van der Waals surface area contributed by atoms with E-state index in [0.29, 0.717) is 13.0 Å². The summed E-state index contributed by atoms with van der Waals surface area (Å²) in [5.74, 6) is 0.119. The Balaban J connectivity index is 1.33. The smallest absolute Gasteiger partial charge is 0.221 e. The van der Waals surface area contributed by atoms with Crippen LogP contribution in [0.4, 0.5) is 0 Å². The van der Waals surface area contributed by atoms with Crippen molar-refractivity contribution in [1.82, 2.24) is 10.2 Å². The summed E-state index contributed by atoms with van der Waals surface area (Å²) in [7, 11) is 0. The fourth-order valence-electron chi connectivity index (χ4n) is 4.04. The molecule has 0 aliphatic carbocycles. The Morgan fingerprint density at radius 3 is 1.94 bits per heavy atom. The van der Waals surface area contributed by atoms with Crippen LogP contribution in [0.3, 0.4) is 0 Å². The fourth-order valence-corrected chi connectivity index (χ4v) is 4.04. The second-order valence-electron chi connectivity index (χ2n) is 8.06. The number of carbonyl (C=O) groups excluding carboxylic acids is 1. The lowest BCUT2D eigenvalue weighted by atomic mass is 9.88. The molecule has 0 unspecified atom stereocenters. The molecule has 3 aromatic carbocycles. The first-order valence-corrected chi connectivity index (χ1v) is 11.0. The van der Waals surface area contributed by atoms with Gasteiger partial charge in [-0.25, -0.2) is 0 Å². The molecule has 0 atom stereocenters. The number of hydrogen-bond acceptors (Lipinski definition) is 3. The van der Waals surface area contributed by atoms with Crippen LogP contribution in [0.1, 0.15) is 34.6 Å². The summed E-state index contributed by atoms with van der Waals surface area (Å²) < 4.78 is 5.41. The van der Waals surface area contributed by atoms with Gasteiger partial charge in [-0.2, -0.15) is 0 Å². The largest absolute Gasteiger partial charge is 0.379 e. The van der Waals surface area contributed by atoms with Crippen molar-refractivity contribution < 1.29 is 9.53 Å². The first kappa shape index (κ1) is 21.3. The average molecular weight is 415 g/mol. The second-order valence-corrected chi connectivity index (χ2v) is 8.06. The molecule has 1 aliphatic heterocycles. The van der Waals surface area contributed by atoms with Crippen LogP contribution >= 0.6 is 0 Å². The molecule has 1 N–H and O–H groups in total. The fraction of sp³-hybridized carbons (Fsp3) is 0.296. The van der Waals surface area contributed by atoms with Gasteiger partial charge in [-0.05, 0) is 22.3 Å². The lowest BCUT2D eigenvalue weighted by Gasteiger charge is -2.26. The quantitative estimate of drug-likeness (QED) is 0.596. The number of nitrogens with zero attached hydrogens (tertiary/aromatic N) is 1. The van der Waals surface area contributed by atoms with E-state index in [1.807, 2.05) is 36.4 Å². The highest BCUT2D eigenvalue weighted by molar-refractivity contribution is 5.77. The summed E-state index contributed by atoms with van der Waals surface area (Å²) in [5, 5.41) is 3.10. The van der Waals surface area contributed by atoms with Crippen LogP contribution in [0.2, 0.25) is 0 Å². The molecule has 0 bridgehead atoms. The maximum absolute atomic E-state index is 12.8. The predicted octanol–water partition coefficient (Wildman–Crippen LogP) is 4.36. The average Bonchev–Trinajstić information content (AvgIpc) is 2.84. The molecule has 4 rings (SSSR count). The van der Waals surface area contributed by atoms with Gasteiger partial charge in [0.15, 0.2) is 0 Å². The Labute approximate surface area is 184 Å². The molecule has 3 aromatic rings. The van der Waals surface area contributed by atoms with E-state index in [1.54, 1.807) is 0 Å². The van der Waals surface area contributed by atoms with Crippen molar-refractivity contribution in [3.63, 3.8) is 0 Å². The van der Waals surface area contributed by atoms with Crippen LogP contribution in [-0.2, 0) is 22.6 Å². The topological polar surface area (TPSA) is 41.6 Å². The Bertz CT molecular complexity index is 896. The zero-order chi connectivity index (χ0) is 21.3. The standard InChI is InChI=1S/C27H30N2O2/c30-27(19-26(24-7-3-1-4-8-24)25-9-5-2-6-10-25)28-20-22-11-13-23(14-12-22)21-29-15-17-31-18-16-29/h1-14,26H,15-21H2,(H,28,30). The molecule has 1 aliphatic rings. The van der Waals surface area contributed by atoms with Crippen LogP contribution in [0, 0.1) is 0 Å². The van der Waals surface area contributed by atoms with Gasteiger partial charge in [-0.1, -0.05) is 84.9 Å². The van der Waals surface area contributed by atoms with Crippen molar-refractivity contribution in [3.05, 3.63) is 107 Å². The minimum atomic E-state index is 0.0540. The predicted molar refractivity (Wildman–Crippen MR) is 124 cm³/mol. The molecule has 0 spiro atoms. The summed E-state index contributed by atoms with van der Waals surface area (Å²) in [6, 6.07) is 29.1. The summed E-state index contributed by atoms with van der Waals surface area (Å²) in [4.78, 5) is 15.2. The molecule has 1 amide bonds. The van der Waals surface area contributed by atoms with Crippen LogP contribution in [0.15, 0.2) is 84.9 Å². The highest BCUT2D eigenvalue weighted by Crippen LogP contribution is 2.27. The van der Waals surface area contributed by atoms with Crippen molar-refractivity contribution in [2.75, 3.05) is 26.3 Å². The highest BCUT2D eigenvalue weighted by Gasteiger charge is 2.18. The molecule has 0 radical (unpaired) electrons. The van der Waals surface area contributed by atoms with Crippen molar-refractivity contribution in [1.29, 1.82) is 0 Å². The van der Waals surface area contributed by atoms with Crippen LogP contribution in [0.5, 0.6) is 0 Å². The minimum absolute atomic E-state index is 0.0540.